The molecule has 0 unspecified atom stereocenters. The van der Waals surface area contributed by atoms with Gasteiger partial charge in [0.25, 0.3) is 0 Å². The van der Waals surface area contributed by atoms with Gasteiger partial charge in [0.1, 0.15) is 0 Å². The predicted molar refractivity (Wildman–Crippen MR) is 113 cm³/mol. The van der Waals surface area contributed by atoms with Crippen molar-refractivity contribution in [3.05, 3.63) is 59.7 Å². The molecule has 1 N–H and O–H groups in total. The summed E-state index contributed by atoms with van der Waals surface area (Å²) in [6.07, 6.45) is 2.97. The lowest BCUT2D eigenvalue weighted by Gasteiger charge is -2.28. The van der Waals surface area contributed by atoms with Crippen LogP contribution in [0.5, 0.6) is 0 Å². The van der Waals surface area contributed by atoms with Crippen molar-refractivity contribution in [2.24, 2.45) is 0 Å². The summed E-state index contributed by atoms with van der Waals surface area (Å²) in [5, 5.41) is 0. The molecule has 0 aliphatic carbocycles. The molecule has 2 aliphatic rings. The number of carbonyl (C=O) groups is 1. The van der Waals surface area contributed by atoms with E-state index in [1.165, 1.54) is 6.92 Å². The van der Waals surface area contributed by atoms with Gasteiger partial charge >= 0.3 is 0 Å². The zero-order valence-corrected chi connectivity index (χ0v) is 17.5. The van der Waals surface area contributed by atoms with E-state index in [2.05, 4.69) is 21.8 Å². The molecular formula is C22H27N3O3S. The van der Waals surface area contributed by atoms with Crippen molar-refractivity contribution in [2.45, 2.75) is 37.1 Å². The summed E-state index contributed by atoms with van der Waals surface area (Å²) in [6.45, 7) is 4.45. The van der Waals surface area contributed by atoms with Crippen LogP contribution in [0.4, 0.5) is 5.69 Å². The van der Waals surface area contributed by atoms with Gasteiger partial charge in [0.2, 0.25) is 15.9 Å². The third-order valence-electron chi connectivity index (χ3n) is 5.87. The maximum absolute atomic E-state index is 13.0. The molecule has 1 atom stereocenters. The van der Waals surface area contributed by atoms with Gasteiger partial charge in [-0.2, -0.15) is 0 Å². The van der Waals surface area contributed by atoms with Gasteiger partial charge in [0.05, 0.1) is 4.90 Å². The molecule has 7 heteroatoms. The zero-order valence-electron chi connectivity index (χ0n) is 16.7. The first-order valence-electron chi connectivity index (χ1n) is 10.2. The van der Waals surface area contributed by atoms with Gasteiger partial charge in [-0.1, -0.05) is 30.3 Å². The van der Waals surface area contributed by atoms with Crippen molar-refractivity contribution in [3.8, 4) is 0 Å². The number of hydrogen-bond donors (Lipinski definition) is 1. The fraction of sp³-hybridized carbons (Fsp3) is 0.409. The van der Waals surface area contributed by atoms with Crippen molar-refractivity contribution in [2.75, 3.05) is 31.1 Å². The van der Waals surface area contributed by atoms with Gasteiger partial charge in [-0.15, -0.1) is 0 Å². The molecule has 0 radical (unpaired) electrons. The summed E-state index contributed by atoms with van der Waals surface area (Å²) in [6, 6.07) is 15.1. The predicted octanol–water partition coefficient (Wildman–Crippen LogP) is 2.71. The monoisotopic (exact) mass is 413 g/mol. The number of benzene rings is 2. The Morgan fingerprint density at radius 3 is 2.48 bits per heavy atom. The van der Waals surface area contributed by atoms with Crippen LogP contribution < -0.4 is 9.62 Å². The number of rotatable bonds is 6. The Labute approximate surface area is 172 Å². The van der Waals surface area contributed by atoms with E-state index in [-0.39, 0.29) is 16.8 Å². The van der Waals surface area contributed by atoms with Crippen LogP contribution in [0.3, 0.4) is 0 Å². The number of fused-ring (bicyclic) bond motifs is 1. The Kier molecular flexibility index (Phi) is 5.72. The minimum atomic E-state index is -3.63. The highest BCUT2D eigenvalue weighted by Gasteiger charge is 2.27. The minimum Gasteiger partial charge on any atom is -0.312 e. The maximum atomic E-state index is 13.0. The molecule has 1 fully saturated rings. The van der Waals surface area contributed by atoms with E-state index in [0.29, 0.717) is 19.5 Å². The largest absolute Gasteiger partial charge is 0.312 e. The molecule has 0 bridgehead atoms. The molecular weight excluding hydrogens is 386 g/mol. The highest BCUT2D eigenvalue weighted by molar-refractivity contribution is 7.89. The van der Waals surface area contributed by atoms with Gasteiger partial charge in [-0.3, -0.25) is 9.69 Å². The molecule has 4 rings (SSSR count). The molecule has 2 aliphatic heterocycles. The third-order valence-corrected chi connectivity index (χ3v) is 7.29. The lowest BCUT2D eigenvalue weighted by molar-refractivity contribution is -0.116. The SMILES string of the molecule is CC(=O)N1CCc2cc(S(=O)(=O)NC[C@@H](c3ccccc3)N3CCCC3)ccc21. The average molecular weight is 414 g/mol. The molecule has 1 amide bonds. The standard InChI is InChI=1S/C22H27N3O3S/c1-17(26)25-14-11-19-15-20(9-10-21(19)25)29(27,28)23-16-22(24-12-5-6-13-24)18-7-3-2-4-8-18/h2-4,7-10,15,22-23H,5-6,11-14,16H2,1H3/t22-/m0/s1. The van der Waals surface area contributed by atoms with Gasteiger partial charge < -0.3 is 4.90 Å². The fourth-order valence-electron chi connectivity index (χ4n) is 4.33. The molecule has 1 saturated heterocycles. The number of amides is 1. The van der Waals surface area contributed by atoms with Gasteiger partial charge in [0.15, 0.2) is 0 Å². The number of anilines is 1. The van der Waals surface area contributed by atoms with Crippen LogP contribution in [0.2, 0.25) is 0 Å². The van der Waals surface area contributed by atoms with E-state index in [1.807, 2.05) is 18.2 Å². The number of hydrogen-bond acceptors (Lipinski definition) is 4. The number of carbonyl (C=O) groups excluding carboxylic acids is 1. The molecule has 2 aromatic carbocycles. The first kappa shape index (κ1) is 20.1. The van der Waals surface area contributed by atoms with Crippen LogP contribution in [0.1, 0.15) is 36.9 Å². The number of sulfonamides is 1. The van der Waals surface area contributed by atoms with E-state index in [4.69, 9.17) is 0 Å². The molecule has 29 heavy (non-hydrogen) atoms. The number of nitrogens with zero attached hydrogens (tertiary/aromatic N) is 2. The van der Waals surface area contributed by atoms with Crippen molar-refractivity contribution in [3.63, 3.8) is 0 Å². The van der Waals surface area contributed by atoms with Crippen LogP contribution >= 0.6 is 0 Å². The van der Waals surface area contributed by atoms with E-state index in [1.54, 1.807) is 23.1 Å². The Balaban J connectivity index is 1.53. The number of likely N-dealkylation sites (tertiary alicyclic amines) is 1. The van der Waals surface area contributed by atoms with Crippen LogP contribution in [0.15, 0.2) is 53.4 Å². The van der Waals surface area contributed by atoms with Crippen molar-refractivity contribution in [1.82, 2.24) is 9.62 Å². The second kappa shape index (κ2) is 8.26. The van der Waals surface area contributed by atoms with E-state index in [9.17, 15) is 13.2 Å². The van der Waals surface area contributed by atoms with Crippen molar-refractivity contribution in [1.29, 1.82) is 0 Å². The number of nitrogens with one attached hydrogen (secondary N) is 1. The van der Waals surface area contributed by atoms with E-state index < -0.39 is 10.0 Å². The van der Waals surface area contributed by atoms with Gasteiger partial charge in [-0.25, -0.2) is 13.1 Å². The first-order valence-corrected chi connectivity index (χ1v) is 11.6. The summed E-state index contributed by atoms with van der Waals surface area (Å²) in [5.41, 5.74) is 2.85. The Hall–Kier alpha value is -2.22. The molecule has 2 aromatic rings. The maximum Gasteiger partial charge on any atom is 0.240 e. The molecule has 0 spiro atoms. The normalized spacial score (nSPS) is 18.0. The highest BCUT2D eigenvalue weighted by atomic mass is 32.2. The Bertz CT molecular complexity index is 986. The minimum absolute atomic E-state index is 0.0196. The smallest absolute Gasteiger partial charge is 0.240 e. The second-order valence-corrected chi connectivity index (χ2v) is 9.50. The van der Waals surface area contributed by atoms with Crippen LogP contribution in [0, 0.1) is 0 Å². The van der Waals surface area contributed by atoms with Gasteiger partial charge in [0, 0.05) is 31.7 Å². The van der Waals surface area contributed by atoms with Crippen LogP contribution in [-0.2, 0) is 21.2 Å². The van der Waals surface area contributed by atoms with Crippen molar-refractivity contribution >= 4 is 21.6 Å². The van der Waals surface area contributed by atoms with Crippen LogP contribution in [0.25, 0.3) is 0 Å². The third kappa shape index (κ3) is 4.22. The lowest BCUT2D eigenvalue weighted by Crippen LogP contribution is -2.36. The van der Waals surface area contributed by atoms with E-state index >= 15 is 0 Å². The highest BCUT2D eigenvalue weighted by Crippen LogP contribution is 2.30. The molecule has 2 heterocycles. The Morgan fingerprint density at radius 1 is 1.07 bits per heavy atom. The summed E-state index contributed by atoms with van der Waals surface area (Å²) < 4.78 is 28.8. The average Bonchev–Trinajstić information content (AvgIpc) is 3.38. The fourth-order valence-corrected chi connectivity index (χ4v) is 5.42. The summed E-state index contributed by atoms with van der Waals surface area (Å²) in [5.74, 6) is -0.0196. The van der Waals surface area contributed by atoms with Gasteiger partial charge in [-0.05, 0) is 61.7 Å². The summed E-state index contributed by atoms with van der Waals surface area (Å²) >= 11 is 0. The van der Waals surface area contributed by atoms with Crippen LogP contribution in [-0.4, -0.2) is 45.4 Å². The molecule has 0 saturated carbocycles. The summed E-state index contributed by atoms with van der Waals surface area (Å²) in [4.78, 5) is 16.0. The molecule has 6 nitrogen and oxygen atoms in total. The Morgan fingerprint density at radius 2 is 1.79 bits per heavy atom. The zero-order chi connectivity index (χ0) is 20.4. The molecule has 0 aromatic heterocycles. The summed E-state index contributed by atoms with van der Waals surface area (Å²) in [7, 11) is -3.63. The quantitative estimate of drug-likeness (QED) is 0.791. The topological polar surface area (TPSA) is 69.7 Å². The second-order valence-electron chi connectivity index (χ2n) is 7.73. The lowest BCUT2D eigenvalue weighted by atomic mass is 10.1. The molecule has 154 valence electrons. The van der Waals surface area contributed by atoms with E-state index in [0.717, 1.165) is 42.7 Å². The van der Waals surface area contributed by atoms with Crippen molar-refractivity contribution < 1.29 is 13.2 Å². The first-order chi connectivity index (χ1) is 14.0.